The Bertz CT molecular complexity index is 477. The van der Waals surface area contributed by atoms with Crippen LogP contribution in [0.5, 0.6) is 5.75 Å². The minimum atomic E-state index is 0.672. The second kappa shape index (κ2) is 5.80. The van der Waals surface area contributed by atoms with Crippen molar-refractivity contribution in [1.29, 1.82) is 0 Å². The lowest BCUT2D eigenvalue weighted by Crippen LogP contribution is -1.89. The van der Waals surface area contributed by atoms with Crippen LogP contribution in [0.15, 0.2) is 64.8 Å². The molecule has 0 bridgehead atoms. The molecule has 0 aromatic heterocycles. The first-order chi connectivity index (χ1) is 8.38. The molecular formula is C14H14N2O. The van der Waals surface area contributed by atoms with E-state index in [0.717, 1.165) is 17.1 Å². The molecule has 0 fully saturated rings. The molecule has 0 unspecified atom stereocenters. The van der Waals surface area contributed by atoms with Crippen LogP contribution >= 0.6 is 0 Å². The molecule has 0 aliphatic carbocycles. The summed E-state index contributed by atoms with van der Waals surface area (Å²) in [6.45, 7) is 2.63. The van der Waals surface area contributed by atoms with Crippen molar-refractivity contribution >= 4 is 11.4 Å². The molecule has 0 saturated heterocycles. The average molecular weight is 226 g/mol. The summed E-state index contributed by atoms with van der Waals surface area (Å²) in [5.74, 6) is 0.853. The van der Waals surface area contributed by atoms with E-state index >= 15 is 0 Å². The molecule has 0 atom stereocenters. The third kappa shape index (κ3) is 3.41. The zero-order chi connectivity index (χ0) is 11.9. The van der Waals surface area contributed by atoms with Crippen molar-refractivity contribution < 1.29 is 4.74 Å². The van der Waals surface area contributed by atoms with Crippen molar-refractivity contribution in [2.24, 2.45) is 10.2 Å². The summed E-state index contributed by atoms with van der Waals surface area (Å²) >= 11 is 0. The highest BCUT2D eigenvalue weighted by Gasteiger charge is 1.93. The normalized spacial score (nSPS) is 10.6. The summed E-state index contributed by atoms with van der Waals surface area (Å²) in [5.41, 5.74) is 1.67. The zero-order valence-corrected chi connectivity index (χ0v) is 9.71. The molecule has 86 valence electrons. The van der Waals surface area contributed by atoms with Gasteiger partial charge >= 0.3 is 0 Å². The fraction of sp³-hybridized carbons (Fsp3) is 0.143. The van der Waals surface area contributed by atoms with Crippen LogP contribution in [-0.4, -0.2) is 6.61 Å². The minimum absolute atomic E-state index is 0.672. The monoisotopic (exact) mass is 226 g/mol. The maximum absolute atomic E-state index is 5.35. The van der Waals surface area contributed by atoms with Crippen LogP contribution in [0.3, 0.4) is 0 Å². The summed E-state index contributed by atoms with van der Waals surface area (Å²) in [4.78, 5) is 0. The number of hydrogen-bond donors (Lipinski definition) is 0. The Kier molecular flexibility index (Phi) is 3.86. The first-order valence-corrected chi connectivity index (χ1v) is 5.58. The molecule has 2 aromatic rings. The third-order valence-electron chi connectivity index (χ3n) is 2.18. The number of rotatable bonds is 4. The van der Waals surface area contributed by atoms with E-state index < -0.39 is 0 Å². The van der Waals surface area contributed by atoms with Crippen molar-refractivity contribution in [2.75, 3.05) is 6.61 Å². The SMILES string of the molecule is CCOc1ccc(/N=N/c2ccccc2)cc1. The molecule has 17 heavy (non-hydrogen) atoms. The van der Waals surface area contributed by atoms with E-state index in [-0.39, 0.29) is 0 Å². The van der Waals surface area contributed by atoms with Crippen molar-refractivity contribution in [3.05, 3.63) is 54.6 Å². The Morgan fingerprint density at radius 2 is 1.41 bits per heavy atom. The van der Waals surface area contributed by atoms with Crippen LogP contribution in [0, 0.1) is 0 Å². The van der Waals surface area contributed by atoms with Crippen molar-refractivity contribution in [3.63, 3.8) is 0 Å². The van der Waals surface area contributed by atoms with Gasteiger partial charge < -0.3 is 4.74 Å². The predicted octanol–water partition coefficient (Wildman–Crippen LogP) is 4.50. The quantitative estimate of drug-likeness (QED) is 0.706. The van der Waals surface area contributed by atoms with Crippen LogP contribution in [0.2, 0.25) is 0 Å². The molecule has 0 heterocycles. The molecule has 0 saturated carbocycles. The van der Waals surface area contributed by atoms with Crippen molar-refractivity contribution in [1.82, 2.24) is 0 Å². The van der Waals surface area contributed by atoms with E-state index in [1.807, 2.05) is 61.5 Å². The van der Waals surface area contributed by atoms with Gasteiger partial charge in [0, 0.05) is 0 Å². The Labute approximate surface area is 101 Å². The van der Waals surface area contributed by atoms with Crippen molar-refractivity contribution in [2.45, 2.75) is 6.92 Å². The van der Waals surface area contributed by atoms with E-state index in [1.54, 1.807) is 0 Å². The number of ether oxygens (including phenoxy) is 1. The van der Waals surface area contributed by atoms with Gasteiger partial charge in [-0.25, -0.2) is 0 Å². The molecular weight excluding hydrogens is 212 g/mol. The van der Waals surface area contributed by atoms with E-state index in [1.165, 1.54) is 0 Å². The van der Waals surface area contributed by atoms with Crippen LogP contribution < -0.4 is 4.74 Å². The van der Waals surface area contributed by atoms with Gasteiger partial charge in [0.05, 0.1) is 18.0 Å². The molecule has 3 heteroatoms. The molecule has 3 nitrogen and oxygen atoms in total. The number of hydrogen-bond acceptors (Lipinski definition) is 3. The summed E-state index contributed by atoms with van der Waals surface area (Å²) in [5, 5.41) is 8.28. The summed E-state index contributed by atoms with van der Waals surface area (Å²) in [6, 6.07) is 17.2. The second-order valence-electron chi connectivity index (χ2n) is 3.46. The topological polar surface area (TPSA) is 34.0 Å². The fourth-order valence-corrected chi connectivity index (χ4v) is 1.39. The largest absolute Gasteiger partial charge is 0.494 e. The molecule has 2 aromatic carbocycles. The molecule has 2 rings (SSSR count). The Balaban J connectivity index is 2.06. The molecule has 0 N–H and O–H groups in total. The lowest BCUT2D eigenvalue weighted by Gasteiger charge is -2.01. The van der Waals surface area contributed by atoms with E-state index in [4.69, 9.17) is 4.74 Å². The van der Waals surface area contributed by atoms with Gasteiger partial charge in [0.1, 0.15) is 5.75 Å². The molecule has 0 aliphatic rings. The highest BCUT2D eigenvalue weighted by Crippen LogP contribution is 2.20. The number of nitrogens with zero attached hydrogens (tertiary/aromatic N) is 2. The van der Waals surface area contributed by atoms with Crippen molar-refractivity contribution in [3.8, 4) is 5.75 Å². The lowest BCUT2D eigenvalue weighted by atomic mass is 10.3. The minimum Gasteiger partial charge on any atom is -0.494 e. The average Bonchev–Trinajstić information content (AvgIpc) is 2.40. The van der Waals surface area contributed by atoms with Gasteiger partial charge in [-0.05, 0) is 43.3 Å². The summed E-state index contributed by atoms with van der Waals surface area (Å²) in [6.07, 6.45) is 0. The van der Waals surface area contributed by atoms with Gasteiger partial charge in [0.25, 0.3) is 0 Å². The van der Waals surface area contributed by atoms with Gasteiger partial charge in [-0.3, -0.25) is 0 Å². The highest BCUT2D eigenvalue weighted by molar-refractivity contribution is 5.42. The predicted molar refractivity (Wildman–Crippen MR) is 68.2 cm³/mol. The van der Waals surface area contributed by atoms with Gasteiger partial charge in [0.15, 0.2) is 0 Å². The summed E-state index contributed by atoms with van der Waals surface area (Å²) < 4.78 is 5.35. The Hall–Kier alpha value is -2.16. The first-order valence-electron chi connectivity index (χ1n) is 5.58. The number of azo groups is 1. The highest BCUT2D eigenvalue weighted by atomic mass is 16.5. The van der Waals surface area contributed by atoms with Crippen LogP contribution in [-0.2, 0) is 0 Å². The fourth-order valence-electron chi connectivity index (χ4n) is 1.39. The number of benzene rings is 2. The Morgan fingerprint density at radius 3 is 2.00 bits per heavy atom. The standard InChI is InChI=1S/C14H14N2O/c1-2-17-14-10-8-13(9-11-14)16-15-12-6-4-3-5-7-12/h3-11H,2H2,1H3/b16-15+. The van der Waals surface area contributed by atoms with Crippen LogP contribution in [0.25, 0.3) is 0 Å². The molecule has 0 spiro atoms. The van der Waals surface area contributed by atoms with Gasteiger partial charge in [0.2, 0.25) is 0 Å². The summed E-state index contributed by atoms with van der Waals surface area (Å²) in [7, 11) is 0. The first kappa shape index (κ1) is 11.3. The second-order valence-corrected chi connectivity index (χ2v) is 3.46. The third-order valence-corrected chi connectivity index (χ3v) is 2.18. The molecule has 0 radical (unpaired) electrons. The zero-order valence-electron chi connectivity index (χ0n) is 9.71. The van der Waals surface area contributed by atoms with Gasteiger partial charge in [-0.2, -0.15) is 10.2 Å². The van der Waals surface area contributed by atoms with E-state index in [9.17, 15) is 0 Å². The van der Waals surface area contributed by atoms with Crippen LogP contribution in [0.4, 0.5) is 11.4 Å². The van der Waals surface area contributed by atoms with Gasteiger partial charge in [-0.1, -0.05) is 18.2 Å². The maximum atomic E-state index is 5.35. The lowest BCUT2D eigenvalue weighted by molar-refractivity contribution is 0.340. The molecule has 0 amide bonds. The smallest absolute Gasteiger partial charge is 0.119 e. The van der Waals surface area contributed by atoms with Crippen LogP contribution in [0.1, 0.15) is 6.92 Å². The Morgan fingerprint density at radius 1 is 0.824 bits per heavy atom. The van der Waals surface area contributed by atoms with E-state index in [2.05, 4.69) is 10.2 Å². The van der Waals surface area contributed by atoms with E-state index in [0.29, 0.717) is 6.61 Å². The maximum Gasteiger partial charge on any atom is 0.119 e. The van der Waals surface area contributed by atoms with Gasteiger partial charge in [-0.15, -0.1) is 0 Å². The molecule has 0 aliphatic heterocycles.